The number of Topliss-reactive ketones (excluding diaryl/α,β-unsaturated/α-hetero) is 1. The normalized spacial score (nSPS) is 13.8. The smallest absolute Gasteiger partial charge is 0.355 e. The molecule has 1 aliphatic rings. The van der Waals surface area contributed by atoms with Crippen LogP contribution in [-0.2, 0) is 30.2 Å². The molecule has 0 spiro atoms. The molecule has 0 N–H and O–H groups in total. The van der Waals surface area contributed by atoms with Crippen LogP contribution in [0, 0.1) is 0 Å². The summed E-state index contributed by atoms with van der Waals surface area (Å²) in [5.41, 5.74) is 1.78. The molecule has 29 heavy (non-hydrogen) atoms. The van der Waals surface area contributed by atoms with E-state index in [4.69, 9.17) is 14.2 Å². The van der Waals surface area contributed by atoms with Crippen molar-refractivity contribution in [2.75, 3.05) is 32.5 Å². The zero-order chi connectivity index (χ0) is 20.8. The van der Waals surface area contributed by atoms with Crippen molar-refractivity contribution in [3.63, 3.8) is 0 Å². The summed E-state index contributed by atoms with van der Waals surface area (Å²) in [5, 5.41) is 0. The van der Waals surface area contributed by atoms with Gasteiger partial charge in [0.2, 0.25) is 0 Å². The highest BCUT2D eigenvalue weighted by Crippen LogP contribution is 2.30. The van der Waals surface area contributed by atoms with Gasteiger partial charge in [-0.1, -0.05) is 42.5 Å². The number of carbonyl (C=O) groups excluding carboxylic acids is 3. The van der Waals surface area contributed by atoms with E-state index in [1.165, 1.54) is 19.1 Å². The van der Waals surface area contributed by atoms with Crippen LogP contribution in [0.5, 0.6) is 0 Å². The van der Waals surface area contributed by atoms with Crippen LogP contribution in [0.2, 0.25) is 0 Å². The zero-order valence-electron chi connectivity index (χ0n) is 16.2. The second-order valence-electron chi connectivity index (χ2n) is 6.32. The van der Waals surface area contributed by atoms with Crippen LogP contribution in [0.4, 0.5) is 5.69 Å². The third-order valence-electron chi connectivity index (χ3n) is 4.54. The van der Waals surface area contributed by atoms with Crippen LogP contribution in [0.3, 0.4) is 0 Å². The van der Waals surface area contributed by atoms with E-state index < -0.39 is 11.9 Å². The maximum Gasteiger partial charge on any atom is 0.355 e. The molecule has 0 amide bonds. The summed E-state index contributed by atoms with van der Waals surface area (Å²) in [6.07, 6.45) is 0.202. The highest BCUT2D eigenvalue weighted by Gasteiger charge is 2.33. The van der Waals surface area contributed by atoms with Gasteiger partial charge in [-0.3, -0.25) is 4.79 Å². The van der Waals surface area contributed by atoms with Crippen molar-refractivity contribution in [2.24, 2.45) is 0 Å². The van der Waals surface area contributed by atoms with Crippen molar-refractivity contribution in [1.82, 2.24) is 0 Å². The lowest BCUT2D eigenvalue weighted by Gasteiger charge is -2.32. The summed E-state index contributed by atoms with van der Waals surface area (Å²) in [4.78, 5) is 39.1. The highest BCUT2D eigenvalue weighted by atomic mass is 16.5. The first kappa shape index (κ1) is 20.3. The largest absolute Gasteiger partial charge is 0.466 e. The van der Waals surface area contributed by atoms with Crippen LogP contribution in [0.25, 0.3) is 0 Å². The molecule has 7 heteroatoms. The van der Waals surface area contributed by atoms with E-state index in [0.717, 1.165) is 5.56 Å². The number of esters is 2. The van der Waals surface area contributed by atoms with E-state index >= 15 is 0 Å². The molecule has 1 aliphatic heterocycles. The van der Waals surface area contributed by atoms with E-state index in [1.54, 1.807) is 24.3 Å². The fourth-order valence-electron chi connectivity index (χ4n) is 3.15. The summed E-state index contributed by atoms with van der Waals surface area (Å²) < 4.78 is 15.2. The third kappa shape index (κ3) is 4.35. The van der Waals surface area contributed by atoms with E-state index in [1.807, 2.05) is 30.3 Å². The number of anilines is 1. The molecule has 0 aromatic heterocycles. The van der Waals surface area contributed by atoms with Gasteiger partial charge in [-0.05, 0) is 17.7 Å². The SMILES string of the molecule is COC(=O)C1=C(C(=O)OC)N(c2ccccc2C(=O)Cc2ccccc2)COC1. The van der Waals surface area contributed by atoms with Crippen LogP contribution < -0.4 is 4.90 Å². The molecule has 2 aromatic carbocycles. The predicted octanol–water partition coefficient (Wildman–Crippen LogP) is 2.51. The van der Waals surface area contributed by atoms with Gasteiger partial charge < -0.3 is 19.1 Å². The molecule has 1 heterocycles. The minimum Gasteiger partial charge on any atom is -0.466 e. The van der Waals surface area contributed by atoms with Crippen molar-refractivity contribution in [3.8, 4) is 0 Å². The number of hydrogen-bond donors (Lipinski definition) is 0. The van der Waals surface area contributed by atoms with Crippen LogP contribution in [-0.4, -0.2) is 45.3 Å². The van der Waals surface area contributed by atoms with Gasteiger partial charge in [0.25, 0.3) is 0 Å². The van der Waals surface area contributed by atoms with Gasteiger partial charge in [0.1, 0.15) is 12.4 Å². The van der Waals surface area contributed by atoms with Crippen molar-refractivity contribution >= 4 is 23.4 Å². The maximum absolute atomic E-state index is 13.0. The molecule has 0 saturated heterocycles. The lowest BCUT2D eigenvalue weighted by atomic mass is 10.00. The maximum atomic E-state index is 13.0. The topological polar surface area (TPSA) is 82.1 Å². The Kier molecular flexibility index (Phi) is 6.41. The van der Waals surface area contributed by atoms with E-state index in [0.29, 0.717) is 11.3 Å². The molecular formula is C22H21NO6. The van der Waals surface area contributed by atoms with E-state index in [2.05, 4.69) is 0 Å². The Morgan fingerprint density at radius 1 is 0.931 bits per heavy atom. The zero-order valence-corrected chi connectivity index (χ0v) is 16.2. The summed E-state index contributed by atoms with van der Waals surface area (Å²) in [7, 11) is 2.45. The second kappa shape index (κ2) is 9.16. The molecule has 0 saturated carbocycles. The van der Waals surface area contributed by atoms with Gasteiger partial charge in [0.15, 0.2) is 5.78 Å². The average Bonchev–Trinajstić information content (AvgIpc) is 2.78. The predicted molar refractivity (Wildman–Crippen MR) is 105 cm³/mol. The third-order valence-corrected chi connectivity index (χ3v) is 4.54. The summed E-state index contributed by atoms with van der Waals surface area (Å²) >= 11 is 0. The van der Waals surface area contributed by atoms with E-state index in [9.17, 15) is 14.4 Å². The summed E-state index contributed by atoms with van der Waals surface area (Å²) in [6, 6.07) is 16.2. The van der Waals surface area contributed by atoms with Gasteiger partial charge in [-0.25, -0.2) is 9.59 Å². The fourth-order valence-corrected chi connectivity index (χ4v) is 3.15. The van der Waals surface area contributed by atoms with Crippen molar-refractivity contribution < 1.29 is 28.6 Å². The number of carbonyl (C=O) groups is 3. The minimum atomic E-state index is -0.709. The summed E-state index contributed by atoms with van der Waals surface area (Å²) in [6.45, 7) is -0.103. The van der Waals surface area contributed by atoms with Gasteiger partial charge >= 0.3 is 11.9 Å². The monoisotopic (exact) mass is 395 g/mol. The number of rotatable bonds is 6. The number of methoxy groups -OCH3 is 2. The minimum absolute atomic E-state index is 0.00515. The molecule has 150 valence electrons. The number of para-hydroxylation sites is 1. The number of ether oxygens (including phenoxy) is 3. The molecule has 0 atom stereocenters. The fraction of sp³-hybridized carbons (Fsp3) is 0.227. The number of hydrogen-bond acceptors (Lipinski definition) is 7. The molecule has 0 fully saturated rings. The van der Waals surface area contributed by atoms with Gasteiger partial charge in [0, 0.05) is 12.0 Å². The van der Waals surface area contributed by atoms with Crippen LogP contribution >= 0.6 is 0 Å². The Morgan fingerprint density at radius 3 is 2.28 bits per heavy atom. The Bertz CT molecular complexity index is 951. The molecule has 2 aromatic rings. The van der Waals surface area contributed by atoms with Gasteiger partial charge in [-0.2, -0.15) is 0 Å². The molecule has 0 bridgehead atoms. The first-order valence-electron chi connectivity index (χ1n) is 8.98. The molecule has 3 rings (SSSR count). The Morgan fingerprint density at radius 2 is 1.59 bits per heavy atom. The first-order valence-corrected chi connectivity index (χ1v) is 8.98. The van der Waals surface area contributed by atoms with Gasteiger partial charge in [-0.15, -0.1) is 0 Å². The highest BCUT2D eigenvalue weighted by molar-refractivity contribution is 6.07. The van der Waals surface area contributed by atoms with Crippen molar-refractivity contribution in [3.05, 3.63) is 77.0 Å². The van der Waals surface area contributed by atoms with Crippen molar-refractivity contribution in [2.45, 2.75) is 6.42 Å². The number of nitrogens with zero attached hydrogens (tertiary/aromatic N) is 1. The van der Waals surface area contributed by atoms with Gasteiger partial charge in [0.05, 0.1) is 32.1 Å². The molecule has 0 radical (unpaired) electrons. The second-order valence-corrected chi connectivity index (χ2v) is 6.32. The van der Waals surface area contributed by atoms with Crippen molar-refractivity contribution in [1.29, 1.82) is 0 Å². The number of benzene rings is 2. The average molecular weight is 395 g/mol. The quantitative estimate of drug-likeness (QED) is 0.549. The van der Waals surface area contributed by atoms with Crippen LogP contribution in [0.1, 0.15) is 15.9 Å². The first-order chi connectivity index (χ1) is 14.1. The lowest BCUT2D eigenvalue weighted by Crippen LogP contribution is -2.39. The molecular weight excluding hydrogens is 374 g/mol. The molecule has 0 aliphatic carbocycles. The molecule has 0 unspecified atom stereocenters. The summed E-state index contributed by atoms with van der Waals surface area (Å²) in [5.74, 6) is -1.52. The number of ketones is 1. The van der Waals surface area contributed by atoms with Crippen LogP contribution in [0.15, 0.2) is 65.9 Å². The van der Waals surface area contributed by atoms with E-state index in [-0.39, 0.29) is 36.8 Å². The Labute approximate surface area is 168 Å². The Balaban J connectivity index is 2.04. The molecule has 7 nitrogen and oxygen atoms in total. The lowest BCUT2D eigenvalue weighted by molar-refractivity contribution is -0.140. The standard InChI is InChI=1S/C22H21NO6/c1-27-21(25)17-13-29-14-23(20(17)22(26)28-2)18-11-7-6-10-16(18)19(24)12-15-8-4-3-5-9-15/h3-11H,12-14H2,1-2H3. The Hall–Kier alpha value is -3.45.